The first kappa shape index (κ1) is 18.2. The third-order valence-electron chi connectivity index (χ3n) is 8.55. The predicted octanol–water partition coefficient (Wildman–Crippen LogP) is 7.50. The molecule has 0 N–H and O–H groups in total. The maximum absolute atomic E-state index is 4.91. The average Bonchev–Trinajstić information content (AvgIpc) is 3.44. The molecule has 0 amide bonds. The molecule has 0 fully saturated rings. The molecule has 2 aliphatic carbocycles. The van der Waals surface area contributed by atoms with E-state index in [1.165, 1.54) is 84.0 Å². The van der Waals surface area contributed by atoms with E-state index in [0.717, 1.165) is 25.7 Å². The lowest BCUT2D eigenvalue weighted by molar-refractivity contribution is 0.961. The number of hydrogen-bond donors (Lipinski definition) is 0. The second kappa shape index (κ2) is 6.28. The predicted molar refractivity (Wildman–Crippen MR) is 141 cm³/mol. The van der Waals surface area contributed by atoms with Gasteiger partial charge in [-0.1, -0.05) is 54.6 Å². The molecule has 9 rings (SSSR count). The van der Waals surface area contributed by atoms with Gasteiger partial charge in [0.25, 0.3) is 0 Å². The van der Waals surface area contributed by atoms with Crippen molar-refractivity contribution < 1.29 is 0 Å². The Bertz CT molecular complexity index is 1760. The topological polar surface area (TPSA) is 16.1 Å². The molecule has 3 heterocycles. The van der Waals surface area contributed by atoms with Gasteiger partial charge < -0.3 is 4.90 Å². The molecule has 0 spiro atoms. The zero-order valence-corrected chi connectivity index (χ0v) is 19.3. The molecule has 4 aliphatic rings. The van der Waals surface area contributed by atoms with Crippen LogP contribution in [0.3, 0.4) is 0 Å². The van der Waals surface area contributed by atoms with Crippen molar-refractivity contribution in [2.45, 2.75) is 25.7 Å². The van der Waals surface area contributed by atoms with Crippen LogP contribution in [-0.2, 0) is 25.7 Å². The minimum absolute atomic E-state index is 0.896. The van der Waals surface area contributed by atoms with E-state index < -0.39 is 0 Å². The van der Waals surface area contributed by atoms with Gasteiger partial charge in [-0.3, -0.25) is 4.98 Å². The fourth-order valence-corrected chi connectivity index (χ4v) is 7.08. The second-order valence-corrected chi connectivity index (χ2v) is 10.4. The molecule has 0 unspecified atom stereocenters. The monoisotopic (exact) mass is 446 g/mol. The van der Waals surface area contributed by atoms with E-state index >= 15 is 0 Å². The Morgan fingerprint density at radius 2 is 1.34 bits per heavy atom. The van der Waals surface area contributed by atoms with Gasteiger partial charge in [0.05, 0.1) is 17.1 Å². The molecule has 0 radical (unpaired) electrons. The lowest BCUT2D eigenvalue weighted by Crippen LogP contribution is -2.25. The number of anilines is 3. The summed E-state index contributed by atoms with van der Waals surface area (Å²) in [6.07, 6.45) is 5.96. The van der Waals surface area contributed by atoms with Crippen LogP contribution in [0.2, 0.25) is 0 Å². The van der Waals surface area contributed by atoms with Gasteiger partial charge in [-0.2, -0.15) is 0 Å². The number of fused-ring (bicyclic) bond motifs is 11. The van der Waals surface area contributed by atoms with Gasteiger partial charge in [0.15, 0.2) is 0 Å². The lowest BCUT2D eigenvalue weighted by atomic mass is 9.85. The molecule has 0 atom stereocenters. The summed E-state index contributed by atoms with van der Waals surface area (Å²) in [5, 5.41) is 0. The molecular weight excluding hydrogens is 424 g/mol. The number of nitrogens with zero attached hydrogens (tertiary/aromatic N) is 2. The summed E-state index contributed by atoms with van der Waals surface area (Å²) in [7, 11) is 0. The van der Waals surface area contributed by atoms with Crippen molar-refractivity contribution in [1.82, 2.24) is 4.98 Å². The number of aromatic nitrogens is 1. The van der Waals surface area contributed by atoms with Crippen molar-refractivity contribution in [2.75, 3.05) is 4.90 Å². The summed E-state index contributed by atoms with van der Waals surface area (Å²) in [6.45, 7) is 0. The Morgan fingerprint density at radius 3 is 2.31 bits per heavy atom. The second-order valence-electron chi connectivity index (χ2n) is 10.4. The van der Waals surface area contributed by atoms with Crippen LogP contribution in [0.25, 0.3) is 22.3 Å². The molecule has 2 nitrogen and oxygen atoms in total. The van der Waals surface area contributed by atoms with E-state index in [-0.39, 0.29) is 0 Å². The van der Waals surface area contributed by atoms with Crippen molar-refractivity contribution in [3.63, 3.8) is 0 Å². The third-order valence-corrected chi connectivity index (χ3v) is 8.55. The minimum atomic E-state index is 0.896. The van der Waals surface area contributed by atoms with Crippen molar-refractivity contribution in [3.05, 3.63) is 130 Å². The molecule has 5 aromatic rings. The maximum Gasteiger partial charge on any atom is 0.0716 e. The highest BCUT2D eigenvalue weighted by Crippen LogP contribution is 2.54. The summed E-state index contributed by atoms with van der Waals surface area (Å²) >= 11 is 0. The number of pyridine rings is 1. The van der Waals surface area contributed by atoms with E-state index in [4.69, 9.17) is 4.98 Å². The number of para-hydroxylation sites is 1. The van der Waals surface area contributed by atoms with Crippen LogP contribution in [-0.4, -0.2) is 4.98 Å². The van der Waals surface area contributed by atoms with Gasteiger partial charge in [0, 0.05) is 24.7 Å². The molecule has 2 aliphatic heterocycles. The lowest BCUT2D eigenvalue weighted by Gasteiger charge is -2.39. The summed E-state index contributed by atoms with van der Waals surface area (Å²) in [4.78, 5) is 7.41. The van der Waals surface area contributed by atoms with Gasteiger partial charge in [0.2, 0.25) is 0 Å². The van der Waals surface area contributed by atoms with Gasteiger partial charge >= 0.3 is 0 Å². The van der Waals surface area contributed by atoms with Crippen molar-refractivity contribution >= 4 is 17.1 Å². The molecule has 4 aromatic carbocycles. The smallest absolute Gasteiger partial charge is 0.0716 e. The van der Waals surface area contributed by atoms with Crippen LogP contribution < -0.4 is 4.90 Å². The zero-order chi connectivity index (χ0) is 22.7. The third kappa shape index (κ3) is 2.27. The highest BCUT2D eigenvalue weighted by atomic mass is 15.2. The van der Waals surface area contributed by atoms with Gasteiger partial charge in [-0.15, -0.1) is 0 Å². The maximum atomic E-state index is 4.91. The molecular formula is C33H22N2. The Morgan fingerprint density at radius 1 is 0.543 bits per heavy atom. The van der Waals surface area contributed by atoms with E-state index in [9.17, 15) is 0 Å². The molecule has 164 valence electrons. The summed E-state index contributed by atoms with van der Waals surface area (Å²) in [5.41, 5.74) is 20.9. The molecule has 0 saturated carbocycles. The summed E-state index contributed by atoms with van der Waals surface area (Å²) in [5.74, 6) is 0. The molecule has 2 heteroatoms. The number of hydrogen-bond acceptors (Lipinski definition) is 2. The Labute approximate surface area is 204 Å². The van der Waals surface area contributed by atoms with Crippen molar-refractivity contribution in [1.29, 1.82) is 0 Å². The first-order chi connectivity index (χ1) is 17.3. The quantitative estimate of drug-likeness (QED) is 0.240. The van der Waals surface area contributed by atoms with E-state index in [0.29, 0.717) is 0 Å². The van der Waals surface area contributed by atoms with Crippen LogP contribution in [0, 0.1) is 0 Å². The van der Waals surface area contributed by atoms with E-state index in [1.807, 2.05) is 6.20 Å². The first-order valence-electron chi connectivity index (χ1n) is 12.6. The summed E-state index contributed by atoms with van der Waals surface area (Å²) < 4.78 is 0. The molecule has 0 bridgehead atoms. The summed E-state index contributed by atoms with van der Waals surface area (Å²) in [6, 6.07) is 29.7. The van der Waals surface area contributed by atoms with Crippen LogP contribution >= 0.6 is 0 Å². The molecule has 1 aromatic heterocycles. The minimum Gasteiger partial charge on any atom is -0.308 e. The highest BCUT2D eigenvalue weighted by Gasteiger charge is 2.36. The fourth-order valence-electron chi connectivity index (χ4n) is 7.08. The van der Waals surface area contributed by atoms with Crippen LogP contribution in [0.4, 0.5) is 17.1 Å². The van der Waals surface area contributed by atoms with Crippen LogP contribution in [0.1, 0.15) is 44.6 Å². The van der Waals surface area contributed by atoms with Crippen LogP contribution in [0.15, 0.2) is 85.1 Å². The van der Waals surface area contributed by atoms with E-state index in [1.54, 1.807) is 0 Å². The Hall–Kier alpha value is -4.17. The van der Waals surface area contributed by atoms with E-state index in [2.05, 4.69) is 83.8 Å². The first-order valence-corrected chi connectivity index (χ1v) is 12.6. The molecule has 35 heavy (non-hydrogen) atoms. The highest BCUT2D eigenvalue weighted by molar-refractivity contribution is 5.95. The number of rotatable bonds is 0. The largest absolute Gasteiger partial charge is 0.308 e. The van der Waals surface area contributed by atoms with Gasteiger partial charge in [-0.25, -0.2) is 0 Å². The van der Waals surface area contributed by atoms with Gasteiger partial charge in [-0.05, 0) is 98.3 Å². The van der Waals surface area contributed by atoms with Crippen molar-refractivity contribution in [2.24, 2.45) is 0 Å². The SMILES string of the molecule is c1ccc2c(c1)Cc1cc3c(cc1-2)-c1c(ccc2c1Cc1nccc4c1N2c1ccccc1C4)C3. The zero-order valence-electron chi connectivity index (χ0n) is 19.3. The molecule has 0 saturated heterocycles. The fraction of sp³-hybridized carbons (Fsp3) is 0.121. The number of benzene rings is 4. The Kier molecular flexibility index (Phi) is 3.27. The van der Waals surface area contributed by atoms with Crippen molar-refractivity contribution in [3.8, 4) is 22.3 Å². The average molecular weight is 447 g/mol. The van der Waals surface area contributed by atoms with Gasteiger partial charge in [0.1, 0.15) is 0 Å². The normalized spacial score (nSPS) is 14.9. The Balaban J connectivity index is 1.30. The standard InChI is InChI=1S/C33H22N2/c1-3-7-25-19(5-1)13-23-16-24-15-21-9-10-31-28(32(21)27(24)17-26(23)25)18-29-33-22(11-12-34-29)14-20-6-2-4-8-30(20)35(31)33/h1-12,16-17H,13-15,18H2. The van der Waals surface area contributed by atoms with Crippen LogP contribution in [0.5, 0.6) is 0 Å².